The second-order valence-electron chi connectivity index (χ2n) is 8.13. The van der Waals surface area contributed by atoms with Crippen LogP contribution in [0.15, 0.2) is 42.4 Å². The molecule has 0 unspecified atom stereocenters. The van der Waals surface area contributed by atoms with Crippen LogP contribution in [0.1, 0.15) is 46.7 Å². The van der Waals surface area contributed by atoms with Crippen LogP contribution in [0.3, 0.4) is 0 Å². The van der Waals surface area contributed by atoms with E-state index in [-0.39, 0.29) is 73.6 Å². The highest BCUT2D eigenvalue weighted by Crippen LogP contribution is 2.34. The SMILES string of the molecule is [2H]c1c([2H])c(CN2CCOCC2)c([2H])c([2H])c1COc1cccc2c1CN([C@]1([2H])CCC(=O)NC1=O)C2=O. The highest BCUT2D eigenvalue weighted by molar-refractivity contribution is 6.05. The number of nitrogens with zero attached hydrogens (tertiary/aromatic N) is 2. The van der Waals surface area contributed by atoms with Crippen LogP contribution in [-0.2, 0) is 34.0 Å². The van der Waals surface area contributed by atoms with Gasteiger partial charge in [0.05, 0.1) is 26.6 Å². The van der Waals surface area contributed by atoms with Crippen molar-refractivity contribution in [3.8, 4) is 5.75 Å². The van der Waals surface area contributed by atoms with Crippen LogP contribution in [0.25, 0.3) is 0 Å². The normalized spacial score (nSPS) is 25.5. The number of carbonyl (C=O) groups excluding carboxylic acids is 3. The lowest BCUT2D eigenvalue weighted by Crippen LogP contribution is -2.52. The summed E-state index contributed by atoms with van der Waals surface area (Å²) >= 11 is 0. The number of morpholine rings is 1. The minimum absolute atomic E-state index is 0.0519. The van der Waals surface area contributed by atoms with E-state index in [2.05, 4.69) is 5.32 Å². The van der Waals surface area contributed by atoms with Gasteiger partial charge in [0.1, 0.15) is 18.4 Å². The van der Waals surface area contributed by atoms with Gasteiger partial charge in [0.2, 0.25) is 11.8 Å². The highest BCUT2D eigenvalue weighted by Gasteiger charge is 2.40. The zero-order valence-corrected chi connectivity index (χ0v) is 18.0. The number of fused-ring (bicyclic) bond motifs is 1. The van der Waals surface area contributed by atoms with Gasteiger partial charge in [-0.15, -0.1) is 0 Å². The molecule has 33 heavy (non-hydrogen) atoms. The molecule has 0 bridgehead atoms. The monoisotopic (exact) mass is 454 g/mol. The maximum Gasteiger partial charge on any atom is 0.255 e. The topological polar surface area (TPSA) is 88.2 Å². The second kappa shape index (κ2) is 9.33. The lowest BCUT2D eigenvalue weighted by atomic mass is 10.0. The molecule has 1 N–H and O–H groups in total. The Hall–Kier alpha value is -3.23. The van der Waals surface area contributed by atoms with Gasteiger partial charge in [-0.1, -0.05) is 30.2 Å². The van der Waals surface area contributed by atoms with E-state index in [9.17, 15) is 14.4 Å². The van der Waals surface area contributed by atoms with E-state index in [1.54, 1.807) is 18.2 Å². The molecule has 0 aromatic heterocycles. The predicted octanol–water partition coefficient (Wildman–Crippen LogP) is 1.86. The third-order valence-electron chi connectivity index (χ3n) is 5.94. The maximum atomic E-state index is 13.1. The Labute approximate surface area is 199 Å². The lowest BCUT2D eigenvalue weighted by molar-refractivity contribution is -0.136. The Bertz CT molecular complexity index is 1300. The number of imide groups is 1. The van der Waals surface area contributed by atoms with Gasteiger partial charge in [-0.05, 0) is 29.7 Å². The average Bonchev–Trinajstić information content (AvgIpc) is 3.26. The molecule has 2 aromatic rings. The molecule has 172 valence electrons. The summed E-state index contributed by atoms with van der Waals surface area (Å²) in [5.74, 6) is -1.58. The van der Waals surface area contributed by atoms with Crippen molar-refractivity contribution >= 4 is 17.7 Å². The summed E-state index contributed by atoms with van der Waals surface area (Å²) in [6, 6.07) is 2.23. The number of piperidine rings is 1. The first-order valence-electron chi connectivity index (χ1n) is 13.4. The fraction of sp³-hybridized carbons (Fsp3) is 0.400. The molecule has 0 aliphatic carbocycles. The molecule has 3 heterocycles. The molecule has 8 heteroatoms. The molecule has 1 atom stereocenters. The van der Waals surface area contributed by atoms with E-state index in [4.69, 9.17) is 16.3 Å². The molecule has 5 rings (SSSR count). The average molecular weight is 455 g/mol. The van der Waals surface area contributed by atoms with E-state index in [1.807, 2.05) is 4.90 Å². The molecule has 2 aromatic carbocycles. The first kappa shape index (κ1) is 16.4. The molecule has 0 radical (unpaired) electrons. The van der Waals surface area contributed by atoms with Crippen LogP contribution >= 0.6 is 0 Å². The van der Waals surface area contributed by atoms with Crippen LogP contribution in [0, 0.1) is 0 Å². The smallest absolute Gasteiger partial charge is 0.255 e. The Balaban J connectivity index is 1.37. The van der Waals surface area contributed by atoms with Crippen molar-refractivity contribution in [3.63, 3.8) is 0 Å². The van der Waals surface area contributed by atoms with E-state index in [0.29, 0.717) is 37.4 Å². The first-order chi connectivity index (χ1) is 18.1. The number of hydrogen-bond acceptors (Lipinski definition) is 6. The standard InChI is InChI=1S/C25H27N3O5/c29-23-9-8-21(24(30)26-23)28-15-20-19(25(28)31)2-1-3-22(20)33-16-18-6-4-17(5-7-18)14-27-10-12-32-13-11-27/h1-7,21H,8-16H2,(H,26,29,30)/t21-/m1/s1/i4D,5D,6D,7D,21D. The molecule has 2 saturated heterocycles. The van der Waals surface area contributed by atoms with Gasteiger partial charge in [-0.25, -0.2) is 0 Å². The lowest BCUT2D eigenvalue weighted by Gasteiger charge is -2.29. The summed E-state index contributed by atoms with van der Waals surface area (Å²) in [6.45, 7) is 2.35. The summed E-state index contributed by atoms with van der Waals surface area (Å²) in [5.41, 5.74) is 1.12. The van der Waals surface area contributed by atoms with Gasteiger partial charge >= 0.3 is 0 Å². The van der Waals surface area contributed by atoms with Gasteiger partial charge in [0, 0.05) is 37.2 Å². The van der Waals surface area contributed by atoms with Crippen LogP contribution in [0.4, 0.5) is 0 Å². The minimum atomic E-state index is -1.93. The van der Waals surface area contributed by atoms with Crippen molar-refractivity contribution in [1.82, 2.24) is 15.1 Å². The minimum Gasteiger partial charge on any atom is -0.489 e. The Morgan fingerprint density at radius 1 is 1.12 bits per heavy atom. The quantitative estimate of drug-likeness (QED) is 0.671. The number of benzene rings is 2. The summed E-state index contributed by atoms with van der Waals surface area (Å²) in [4.78, 5) is 40.3. The van der Waals surface area contributed by atoms with Crippen molar-refractivity contribution in [2.45, 2.75) is 38.6 Å². The molecule has 0 spiro atoms. The van der Waals surface area contributed by atoms with Gasteiger partial charge in [0.15, 0.2) is 0 Å². The number of rotatable bonds is 6. The summed E-state index contributed by atoms with van der Waals surface area (Å²) in [5, 5.41) is 2.13. The molecule has 0 saturated carbocycles. The molecular weight excluding hydrogens is 422 g/mol. The van der Waals surface area contributed by atoms with E-state index in [0.717, 1.165) is 4.90 Å². The molecule has 3 aliphatic heterocycles. The van der Waals surface area contributed by atoms with Crippen molar-refractivity contribution < 1.29 is 30.7 Å². The number of amides is 3. The summed E-state index contributed by atoms with van der Waals surface area (Å²) in [6.07, 6.45) is -0.170. The zero-order valence-electron chi connectivity index (χ0n) is 23.0. The van der Waals surface area contributed by atoms with Gasteiger partial charge in [-0.3, -0.25) is 24.6 Å². The van der Waals surface area contributed by atoms with Crippen LogP contribution in [0.2, 0.25) is 0 Å². The third kappa shape index (κ3) is 4.62. The van der Waals surface area contributed by atoms with Crippen molar-refractivity contribution in [3.05, 3.63) is 64.6 Å². The van der Waals surface area contributed by atoms with Crippen molar-refractivity contribution in [1.29, 1.82) is 0 Å². The molecule has 2 fully saturated rings. The fourth-order valence-corrected chi connectivity index (χ4v) is 4.17. The van der Waals surface area contributed by atoms with Crippen LogP contribution in [0.5, 0.6) is 5.75 Å². The zero-order chi connectivity index (χ0) is 27.2. The van der Waals surface area contributed by atoms with Crippen molar-refractivity contribution in [2.75, 3.05) is 26.3 Å². The second-order valence-corrected chi connectivity index (χ2v) is 8.13. The summed E-state index contributed by atoms with van der Waals surface area (Å²) < 4.78 is 53.9. The third-order valence-corrected chi connectivity index (χ3v) is 5.94. The molecule has 8 nitrogen and oxygen atoms in total. The van der Waals surface area contributed by atoms with E-state index >= 15 is 0 Å². The van der Waals surface area contributed by atoms with Crippen LogP contribution < -0.4 is 10.1 Å². The number of ether oxygens (including phenoxy) is 2. The molecular formula is C25H27N3O5. The first-order valence-corrected chi connectivity index (χ1v) is 10.9. The maximum absolute atomic E-state index is 13.1. The summed E-state index contributed by atoms with van der Waals surface area (Å²) in [7, 11) is 0. The van der Waals surface area contributed by atoms with E-state index in [1.165, 1.54) is 0 Å². The van der Waals surface area contributed by atoms with Crippen molar-refractivity contribution in [2.24, 2.45) is 0 Å². The van der Waals surface area contributed by atoms with Gasteiger partial charge in [-0.2, -0.15) is 0 Å². The van der Waals surface area contributed by atoms with Gasteiger partial charge < -0.3 is 14.4 Å². The largest absolute Gasteiger partial charge is 0.489 e. The Morgan fingerprint density at radius 3 is 2.64 bits per heavy atom. The van der Waals surface area contributed by atoms with Crippen LogP contribution in [-0.4, -0.2) is 59.8 Å². The number of nitrogens with one attached hydrogen (secondary N) is 1. The fourth-order valence-electron chi connectivity index (χ4n) is 4.17. The Morgan fingerprint density at radius 2 is 1.88 bits per heavy atom. The molecule has 3 amide bonds. The van der Waals surface area contributed by atoms with Gasteiger partial charge in [0.25, 0.3) is 5.91 Å². The Kier molecular flexibility index (Phi) is 4.63. The number of hydrogen-bond donors (Lipinski definition) is 1. The predicted molar refractivity (Wildman–Crippen MR) is 119 cm³/mol. The number of carbonyl (C=O) groups is 3. The van der Waals surface area contributed by atoms with E-state index < -0.39 is 23.7 Å². The highest BCUT2D eigenvalue weighted by atomic mass is 16.5. The molecule has 3 aliphatic rings.